The van der Waals surface area contributed by atoms with Crippen LogP contribution in [0.1, 0.15) is 18.9 Å². The fourth-order valence-corrected chi connectivity index (χ4v) is 1.95. The van der Waals surface area contributed by atoms with E-state index in [-0.39, 0.29) is 6.10 Å². The molecule has 0 aliphatic carbocycles. The van der Waals surface area contributed by atoms with Gasteiger partial charge < -0.3 is 4.74 Å². The van der Waals surface area contributed by atoms with E-state index in [1.165, 1.54) is 0 Å². The largest absolute Gasteiger partial charge is 0.374 e. The molecule has 0 saturated heterocycles. The van der Waals surface area contributed by atoms with Crippen molar-refractivity contribution in [2.45, 2.75) is 13.0 Å². The molecule has 0 fully saturated rings. The fraction of sp³-hybridized carbons (Fsp3) is 0.231. The quantitative estimate of drug-likeness (QED) is 0.793. The molecule has 3 nitrogen and oxygen atoms in total. The van der Waals surface area contributed by atoms with Crippen LogP contribution in [-0.2, 0) is 4.74 Å². The van der Waals surface area contributed by atoms with Gasteiger partial charge in [-0.1, -0.05) is 41.4 Å². The van der Waals surface area contributed by atoms with Crippen LogP contribution in [0.15, 0.2) is 30.3 Å². The molecule has 1 aromatic carbocycles. The van der Waals surface area contributed by atoms with Crippen LogP contribution in [0.3, 0.4) is 0 Å². The van der Waals surface area contributed by atoms with Crippen molar-refractivity contribution >= 4 is 23.2 Å². The third kappa shape index (κ3) is 2.80. The zero-order valence-corrected chi connectivity index (χ0v) is 11.5. The number of nitrogens with zero attached hydrogens (tertiary/aromatic N) is 2. The highest BCUT2D eigenvalue weighted by molar-refractivity contribution is 6.33. The van der Waals surface area contributed by atoms with Gasteiger partial charge in [-0.3, -0.25) is 0 Å². The SMILES string of the molecule is CO[C@@H](C)c1nc(Cl)cc(-c2ccccc2Cl)n1. The van der Waals surface area contributed by atoms with E-state index >= 15 is 0 Å². The van der Waals surface area contributed by atoms with E-state index in [1.807, 2.05) is 31.2 Å². The van der Waals surface area contributed by atoms with E-state index in [9.17, 15) is 0 Å². The summed E-state index contributed by atoms with van der Waals surface area (Å²) in [6.45, 7) is 1.86. The van der Waals surface area contributed by atoms with Gasteiger partial charge in [-0.25, -0.2) is 9.97 Å². The second kappa shape index (κ2) is 5.65. The van der Waals surface area contributed by atoms with Crippen molar-refractivity contribution in [2.75, 3.05) is 7.11 Å². The Bertz CT molecular complexity index is 560. The molecule has 18 heavy (non-hydrogen) atoms. The lowest BCUT2D eigenvalue weighted by molar-refractivity contribution is 0.112. The molecular formula is C13H12Cl2N2O. The highest BCUT2D eigenvalue weighted by Crippen LogP contribution is 2.28. The summed E-state index contributed by atoms with van der Waals surface area (Å²) in [7, 11) is 1.60. The van der Waals surface area contributed by atoms with Crippen molar-refractivity contribution in [3.05, 3.63) is 46.3 Å². The number of hydrogen-bond donors (Lipinski definition) is 0. The van der Waals surface area contributed by atoms with Gasteiger partial charge in [0.25, 0.3) is 0 Å². The van der Waals surface area contributed by atoms with E-state index in [2.05, 4.69) is 9.97 Å². The Kier molecular flexibility index (Phi) is 4.17. The minimum Gasteiger partial charge on any atom is -0.374 e. The average Bonchev–Trinajstić information content (AvgIpc) is 2.37. The maximum absolute atomic E-state index is 6.14. The highest BCUT2D eigenvalue weighted by Gasteiger charge is 2.12. The van der Waals surface area contributed by atoms with Gasteiger partial charge in [-0.05, 0) is 13.0 Å². The number of methoxy groups -OCH3 is 1. The van der Waals surface area contributed by atoms with E-state index < -0.39 is 0 Å². The Balaban J connectivity index is 2.52. The molecule has 0 bridgehead atoms. The summed E-state index contributed by atoms with van der Waals surface area (Å²) >= 11 is 12.1. The monoisotopic (exact) mass is 282 g/mol. The molecule has 0 amide bonds. The van der Waals surface area contributed by atoms with Crippen LogP contribution in [0.25, 0.3) is 11.3 Å². The van der Waals surface area contributed by atoms with Gasteiger partial charge in [-0.2, -0.15) is 0 Å². The Morgan fingerprint density at radius 1 is 1.17 bits per heavy atom. The van der Waals surface area contributed by atoms with Crippen LogP contribution in [0.5, 0.6) is 0 Å². The van der Waals surface area contributed by atoms with Crippen LogP contribution in [0, 0.1) is 0 Å². The van der Waals surface area contributed by atoms with Gasteiger partial charge in [0.15, 0.2) is 5.82 Å². The summed E-state index contributed by atoms with van der Waals surface area (Å²) in [6, 6.07) is 9.16. The lowest BCUT2D eigenvalue weighted by Gasteiger charge is -2.10. The number of benzene rings is 1. The first-order valence-corrected chi connectivity index (χ1v) is 6.19. The molecule has 1 aromatic heterocycles. The third-order valence-electron chi connectivity index (χ3n) is 2.58. The molecule has 0 radical (unpaired) electrons. The highest BCUT2D eigenvalue weighted by atomic mass is 35.5. The topological polar surface area (TPSA) is 35.0 Å². The van der Waals surface area contributed by atoms with Crippen molar-refractivity contribution in [3.63, 3.8) is 0 Å². The van der Waals surface area contributed by atoms with Crippen molar-refractivity contribution < 1.29 is 4.74 Å². The molecule has 2 rings (SSSR count). The van der Waals surface area contributed by atoms with E-state index in [0.29, 0.717) is 21.7 Å². The number of rotatable bonds is 3. The summed E-state index contributed by atoms with van der Waals surface area (Å²) < 4.78 is 5.20. The van der Waals surface area contributed by atoms with E-state index in [1.54, 1.807) is 13.2 Å². The molecule has 2 aromatic rings. The zero-order chi connectivity index (χ0) is 13.1. The van der Waals surface area contributed by atoms with Gasteiger partial charge in [0, 0.05) is 23.8 Å². The maximum Gasteiger partial charge on any atom is 0.159 e. The minimum atomic E-state index is -0.218. The number of halogens is 2. The fourth-order valence-electron chi connectivity index (χ4n) is 1.53. The summed E-state index contributed by atoms with van der Waals surface area (Å²) in [5.74, 6) is 0.542. The predicted octanol–water partition coefficient (Wildman–Crippen LogP) is 4.16. The standard InChI is InChI=1S/C13H12Cl2N2O/c1-8(18-2)13-16-11(7-12(15)17-13)9-5-3-4-6-10(9)14/h3-8H,1-2H3/t8-/m0/s1. The second-order valence-corrected chi connectivity index (χ2v) is 4.59. The van der Waals surface area contributed by atoms with Crippen LogP contribution >= 0.6 is 23.2 Å². The average molecular weight is 283 g/mol. The third-order valence-corrected chi connectivity index (χ3v) is 3.10. The Labute approximate surface area is 116 Å². The summed E-state index contributed by atoms with van der Waals surface area (Å²) in [4.78, 5) is 8.58. The summed E-state index contributed by atoms with van der Waals surface area (Å²) in [6.07, 6.45) is -0.218. The van der Waals surface area contributed by atoms with Gasteiger partial charge in [0.1, 0.15) is 11.3 Å². The molecule has 94 valence electrons. The Hall–Kier alpha value is -1.16. The molecule has 5 heteroatoms. The molecule has 0 unspecified atom stereocenters. The van der Waals surface area contributed by atoms with E-state index in [4.69, 9.17) is 27.9 Å². The molecule has 0 aliphatic rings. The second-order valence-electron chi connectivity index (χ2n) is 3.79. The smallest absolute Gasteiger partial charge is 0.159 e. The lowest BCUT2D eigenvalue weighted by Crippen LogP contribution is -2.04. The van der Waals surface area contributed by atoms with Crippen molar-refractivity contribution in [1.82, 2.24) is 9.97 Å². The number of aromatic nitrogens is 2. The van der Waals surface area contributed by atoms with Gasteiger partial charge in [0.2, 0.25) is 0 Å². The van der Waals surface area contributed by atoms with Gasteiger partial charge in [0.05, 0.1) is 5.69 Å². The summed E-state index contributed by atoms with van der Waals surface area (Å²) in [5, 5.41) is 1.00. The first-order valence-electron chi connectivity index (χ1n) is 5.44. The molecule has 0 spiro atoms. The van der Waals surface area contributed by atoms with Gasteiger partial charge in [-0.15, -0.1) is 0 Å². The number of ether oxygens (including phenoxy) is 1. The molecule has 0 aliphatic heterocycles. The Morgan fingerprint density at radius 2 is 1.89 bits per heavy atom. The molecule has 0 N–H and O–H groups in total. The molecule has 0 saturated carbocycles. The molecule has 1 atom stereocenters. The molecular weight excluding hydrogens is 271 g/mol. The van der Waals surface area contributed by atoms with Crippen molar-refractivity contribution in [1.29, 1.82) is 0 Å². The van der Waals surface area contributed by atoms with Crippen LogP contribution in [0.2, 0.25) is 10.2 Å². The predicted molar refractivity (Wildman–Crippen MR) is 72.9 cm³/mol. The lowest BCUT2D eigenvalue weighted by atomic mass is 10.1. The zero-order valence-electron chi connectivity index (χ0n) is 10.0. The van der Waals surface area contributed by atoms with Crippen LogP contribution in [-0.4, -0.2) is 17.1 Å². The first-order chi connectivity index (χ1) is 8.61. The Morgan fingerprint density at radius 3 is 2.56 bits per heavy atom. The first kappa shape index (κ1) is 13.3. The number of hydrogen-bond acceptors (Lipinski definition) is 3. The maximum atomic E-state index is 6.14. The van der Waals surface area contributed by atoms with Gasteiger partial charge >= 0.3 is 0 Å². The van der Waals surface area contributed by atoms with Crippen molar-refractivity contribution in [2.24, 2.45) is 0 Å². The normalized spacial score (nSPS) is 12.4. The summed E-state index contributed by atoms with van der Waals surface area (Å²) in [5.41, 5.74) is 1.52. The minimum absolute atomic E-state index is 0.218. The van der Waals surface area contributed by atoms with Crippen LogP contribution in [0.4, 0.5) is 0 Å². The van der Waals surface area contributed by atoms with Crippen LogP contribution < -0.4 is 0 Å². The van der Waals surface area contributed by atoms with Crippen molar-refractivity contribution in [3.8, 4) is 11.3 Å². The molecule has 1 heterocycles. The van der Waals surface area contributed by atoms with E-state index in [0.717, 1.165) is 5.56 Å².